The van der Waals surface area contributed by atoms with Crippen LogP contribution in [0.15, 0.2) is 17.2 Å². The molecule has 1 saturated carbocycles. The van der Waals surface area contributed by atoms with Crippen molar-refractivity contribution in [1.29, 1.82) is 0 Å². The number of nitrogens with two attached hydrogens (primary N) is 1. The Labute approximate surface area is 119 Å². The van der Waals surface area contributed by atoms with Gasteiger partial charge in [0.05, 0.1) is 0 Å². The average molecular weight is 299 g/mol. The smallest absolute Gasteiger partial charge is 0.267 e. The third-order valence-electron chi connectivity index (χ3n) is 3.63. The van der Waals surface area contributed by atoms with E-state index in [1.54, 1.807) is 4.57 Å². The summed E-state index contributed by atoms with van der Waals surface area (Å²) in [6.07, 6.45) is 4.37. The van der Waals surface area contributed by atoms with E-state index in [2.05, 4.69) is 19.2 Å². The first kappa shape index (κ1) is 15.1. The monoisotopic (exact) mass is 299 g/mol. The number of rotatable bonds is 6. The van der Waals surface area contributed by atoms with Gasteiger partial charge >= 0.3 is 0 Å². The van der Waals surface area contributed by atoms with Crippen molar-refractivity contribution in [2.24, 2.45) is 11.1 Å². The van der Waals surface area contributed by atoms with Crippen molar-refractivity contribution in [2.45, 2.75) is 44.0 Å². The minimum Gasteiger partial charge on any atom is -0.350 e. The summed E-state index contributed by atoms with van der Waals surface area (Å²) in [5, 5.41) is 7.97. The van der Waals surface area contributed by atoms with Crippen LogP contribution in [0.1, 0.15) is 49.6 Å². The lowest BCUT2D eigenvalue weighted by Crippen LogP contribution is -2.29. The molecule has 1 fully saturated rings. The SMILES string of the molecule is CCC(C)CNC(=O)c1cc(S(N)(=O)=O)cn1C1CC1. The third-order valence-corrected chi connectivity index (χ3v) is 4.51. The van der Waals surface area contributed by atoms with E-state index in [-0.39, 0.29) is 16.8 Å². The van der Waals surface area contributed by atoms with Crippen LogP contribution < -0.4 is 10.5 Å². The van der Waals surface area contributed by atoms with Gasteiger partial charge in [-0.2, -0.15) is 0 Å². The third kappa shape index (κ3) is 3.40. The molecule has 1 heterocycles. The van der Waals surface area contributed by atoms with E-state index < -0.39 is 10.0 Å². The minimum absolute atomic E-state index is 0.00177. The molecule has 1 aromatic rings. The van der Waals surface area contributed by atoms with Gasteiger partial charge in [-0.1, -0.05) is 20.3 Å². The molecule has 0 aliphatic heterocycles. The molecular weight excluding hydrogens is 278 g/mol. The molecule has 2 rings (SSSR count). The molecule has 20 heavy (non-hydrogen) atoms. The first-order valence-electron chi connectivity index (χ1n) is 6.85. The highest BCUT2D eigenvalue weighted by Gasteiger charge is 2.29. The molecule has 3 N–H and O–H groups in total. The standard InChI is InChI=1S/C13H21N3O3S/c1-3-9(2)7-15-13(17)12-6-11(20(14,18)19)8-16(12)10-4-5-10/h6,8-10H,3-5,7H2,1-2H3,(H,15,17)(H2,14,18,19). The van der Waals surface area contributed by atoms with E-state index in [0.717, 1.165) is 19.3 Å². The first-order valence-corrected chi connectivity index (χ1v) is 8.40. The Morgan fingerprint density at radius 3 is 2.70 bits per heavy atom. The van der Waals surface area contributed by atoms with Crippen molar-refractivity contribution in [3.63, 3.8) is 0 Å². The van der Waals surface area contributed by atoms with Crippen LogP contribution in [0.25, 0.3) is 0 Å². The van der Waals surface area contributed by atoms with Gasteiger partial charge in [-0.15, -0.1) is 0 Å². The molecule has 0 spiro atoms. The number of carbonyl (C=O) groups is 1. The summed E-state index contributed by atoms with van der Waals surface area (Å²) < 4.78 is 24.5. The molecule has 6 nitrogen and oxygen atoms in total. The zero-order chi connectivity index (χ0) is 14.9. The molecule has 7 heteroatoms. The molecular formula is C13H21N3O3S. The van der Waals surface area contributed by atoms with E-state index >= 15 is 0 Å². The highest BCUT2D eigenvalue weighted by atomic mass is 32.2. The zero-order valence-corrected chi connectivity index (χ0v) is 12.6. The second-order valence-electron chi connectivity index (χ2n) is 5.47. The summed E-state index contributed by atoms with van der Waals surface area (Å²) in [5.41, 5.74) is 0.375. The predicted molar refractivity (Wildman–Crippen MR) is 75.9 cm³/mol. The maximum atomic E-state index is 12.2. The normalized spacial score (nSPS) is 16.9. The largest absolute Gasteiger partial charge is 0.350 e. The van der Waals surface area contributed by atoms with Gasteiger partial charge in [0.15, 0.2) is 0 Å². The molecule has 1 aliphatic carbocycles. The Morgan fingerprint density at radius 2 is 2.20 bits per heavy atom. The van der Waals surface area contributed by atoms with Gasteiger partial charge in [-0.25, -0.2) is 13.6 Å². The number of carbonyl (C=O) groups excluding carboxylic acids is 1. The van der Waals surface area contributed by atoms with E-state index in [9.17, 15) is 13.2 Å². The summed E-state index contributed by atoms with van der Waals surface area (Å²) in [4.78, 5) is 12.2. The van der Waals surface area contributed by atoms with Gasteiger partial charge in [0.2, 0.25) is 10.0 Å². The van der Waals surface area contributed by atoms with Crippen molar-refractivity contribution in [3.8, 4) is 0 Å². The molecule has 1 atom stereocenters. The lowest BCUT2D eigenvalue weighted by Gasteiger charge is -2.11. The number of aromatic nitrogens is 1. The zero-order valence-electron chi connectivity index (χ0n) is 11.8. The van der Waals surface area contributed by atoms with E-state index in [4.69, 9.17) is 5.14 Å². The summed E-state index contributed by atoms with van der Waals surface area (Å²) in [7, 11) is -3.78. The summed E-state index contributed by atoms with van der Waals surface area (Å²) in [6, 6.07) is 1.58. The van der Waals surface area contributed by atoms with Gasteiger partial charge in [-0.3, -0.25) is 4.79 Å². The number of sulfonamides is 1. The van der Waals surface area contributed by atoms with Crippen LogP contribution in [0, 0.1) is 5.92 Å². The predicted octanol–water partition coefficient (Wildman–Crippen LogP) is 1.25. The van der Waals surface area contributed by atoms with E-state index in [1.165, 1.54) is 12.3 Å². The first-order chi connectivity index (χ1) is 9.32. The van der Waals surface area contributed by atoms with Crippen LogP contribution in [0.4, 0.5) is 0 Å². The fourth-order valence-electron chi connectivity index (χ4n) is 1.95. The van der Waals surface area contributed by atoms with Crippen molar-refractivity contribution in [3.05, 3.63) is 18.0 Å². The fraction of sp³-hybridized carbons (Fsp3) is 0.615. The van der Waals surface area contributed by atoms with Gasteiger partial charge in [0.25, 0.3) is 5.91 Å². The van der Waals surface area contributed by atoms with Crippen LogP contribution in [-0.2, 0) is 10.0 Å². The fourth-order valence-corrected chi connectivity index (χ4v) is 2.48. The Morgan fingerprint density at radius 1 is 1.55 bits per heavy atom. The van der Waals surface area contributed by atoms with Gasteiger partial charge in [0.1, 0.15) is 10.6 Å². The Kier molecular flexibility index (Phi) is 4.19. The molecule has 1 unspecified atom stereocenters. The number of nitrogens with one attached hydrogen (secondary N) is 1. The molecule has 0 saturated heterocycles. The maximum absolute atomic E-state index is 12.2. The number of nitrogens with zero attached hydrogens (tertiary/aromatic N) is 1. The Bertz CT molecular complexity index is 602. The van der Waals surface area contributed by atoms with Crippen LogP contribution in [-0.4, -0.2) is 25.4 Å². The molecule has 1 aromatic heterocycles. The average Bonchev–Trinajstić information content (AvgIpc) is 3.12. The van der Waals surface area contributed by atoms with Crippen molar-refractivity contribution in [1.82, 2.24) is 9.88 Å². The number of hydrogen-bond donors (Lipinski definition) is 2. The van der Waals surface area contributed by atoms with Crippen molar-refractivity contribution < 1.29 is 13.2 Å². The summed E-state index contributed by atoms with van der Waals surface area (Å²) >= 11 is 0. The molecule has 0 aromatic carbocycles. The number of amides is 1. The van der Waals surface area contributed by atoms with Gasteiger partial charge in [-0.05, 0) is 24.8 Å². The van der Waals surface area contributed by atoms with Crippen molar-refractivity contribution in [2.75, 3.05) is 6.54 Å². The second kappa shape index (κ2) is 5.57. The van der Waals surface area contributed by atoms with Crippen LogP contribution in [0.5, 0.6) is 0 Å². The van der Waals surface area contributed by atoms with Crippen LogP contribution in [0.2, 0.25) is 0 Å². The Balaban J connectivity index is 2.21. The van der Waals surface area contributed by atoms with Crippen LogP contribution in [0.3, 0.4) is 0 Å². The summed E-state index contributed by atoms with van der Waals surface area (Å²) in [5.74, 6) is 0.146. The molecule has 0 bridgehead atoms. The molecule has 1 amide bonds. The lowest BCUT2D eigenvalue weighted by atomic mass is 10.1. The molecule has 0 radical (unpaired) electrons. The van der Waals surface area contributed by atoms with E-state index in [1.807, 2.05) is 0 Å². The molecule has 112 valence electrons. The maximum Gasteiger partial charge on any atom is 0.267 e. The highest BCUT2D eigenvalue weighted by Crippen LogP contribution is 2.37. The van der Waals surface area contributed by atoms with Gasteiger partial charge < -0.3 is 9.88 Å². The second-order valence-corrected chi connectivity index (χ2v) is 7.03. The van der Waals surface area contributed by atoms with Crippen LogP contribution >= 0.6 is 0 Å². The number of primary sulfonamides is 1. The summed E-state index contributed by atoms with van der Waals surface area (Å²) in [6.45, 7) is 4.69. The quantitative estimate of drug-likeness (QED) is 0.827. The van der Waals surface area contributed by atoms with Gasteiger partial charge in [0, 0.05) is 18.8 Å². The minimum atomic E-state index is -3.78. The highest BCUT2D eigenvalue weighted by molar-refractivity contribution is 7.89. The topological polar surface area (TPSA) is 94.2 Å². The van der Waals surface area contributed by atoms with E-state index in [0.29, 0.717) is 18.2 Å². The van der Waals surface area contributed by atoms with Crippen molar-refractivity contribution >= 4 is 15.9 Å². The lowest BCUT2D eigenvalue weighted by molar-refractivity contribution is 0.0938. The Hall–Kier alpha value is -1.34. The number of hydrogen-bond acceptors (Lipinski definition) is 3. The molecule has 1 aliphatic rings.